The zero-order valence-corrected chi connectivity index (χ0v) is 8.71. The summed E-state index contributed by atoms with van der Waals surface area (Å²) in [6.45, 7) is 8.28. The molecule has 1 saturated carbocycles. The molecule has 0 aliphatic heterocycles. The Morgan fingerprint density at radius 3 is 2.62 bits per heavy atom. The maximum absolute atomic E-state index is 9.01. The summed E-state index contributed by atoms with van der Waals surface area (Å²) in [4.78, 5) is 0. The number of hydrogen-bond acceptors (Lipinski definition) is 1. The zero-order valence-electron chi connectivity index (χ0n) is 8.71. The molecule has 3 unspecified atom stereocenters. The molecule has 1 heteroatoms. The van der Waals surface area contributed by atoms with E-state index in [9.17, 15) is 0 Å². The lowest BCUT2D eigenvalue weighted by Crippen LogP contribution is -2.24. The van der Waals surface area contributed by atoms with Crippen LogP contribution in [0.25, 0.3) is 0 Å². The van der Waals surface area contributed by atoms with Crippen molar-refractivity contribution in [1.29, 1.82) is 5.26 Å². The van der Waals surface area contributed by atoms with Gasteiger partial charge in [-0.1, -0.05) is 31.9 Å². The highest BCUT2D eigenvalue weighted by atomic mass is 14.4. The predicted octanol–water partition coefficient (Wildman–Crippen LogP) is 3.53. The van der Waals surface area contributed by atoms with Gasteiger partial charge >= 0.3 is 0 Å². The molecule has 0 bridgehead atoms. The van der Waals surface area contributed by atoms with Crippen molar-refractivity contribution < 1.29 is 0 Å². The lowest BCUT2D eigenvalue weighted by Gasteiger charge is -2.32. The minimum atomic E-state index is 0.278. The molecule has 0 N–H and O–H groups in total. The molecule has 0 spiro atoms. The Hall–Kier alpha value is -0.770. The first kappa shape index (κ1) is 10.3. The second-order valence-electron chi connectivity index (χ2n) is 4.32. The van der Waals surface area contributed by atoms with Crippen molar-refractivity contribution in [2.24, 2.45) is 17.8 Å². The fraction of sp³-hybridized carbons (Fsp3) is 0.750. The topological polar surface area (TPSA) is 23.8 Å². The molecule has 72 valence electrons. The summed E-state index contributed by atoms with van der Waals surface area (Å²) >= 11 is 0. The lowest BCUT2D eigenvalue weighted by atomic mass is 9.72. The molecule has 13 heavy (non-hydrogen) atoms. The van der Waals surface area contributed by atoms with Gasteiger partial charge in [-0.2, -0.15) is 5.26 Å². The molecule has 1 fully saturated rings. The van der Waals surface area contributed by atoms with Crippen LogP contribution in [0.15, 0.2) is 12.2 Å². The standard InChI is InChI=1S/C12H19N/c1-9(2)10(3)12-7-5-4-6-11(12)8-13/h10-12H,1,4-7H2,2-3H3. The molecule has 0 radical (unpaired) electrons. The molecule has 0 aromatic rings. The minimum Gasteiger partial charge on any atom is -0.198 e. The molecular formula is C12H19N. The summed E-state index contributed by atoms with van der Waals surface area (Å²) in [6.07, 6.45) is 4.84. The van der Waals surface area contributed by atoms with E-state index in [4.69, 9.17) is 5.26 Å². The fourth-order valence-corrected chi connectivity index (χ4v) is 2.28. The molecule has 0 aromatic heterocycles. The van der Waals surface area contributed by atoms with Crippen molar-refractivity contribution >= 4 is 0 Å². The Labute approximate surface area is 81.5 Å². The number of rotatable bonds is 2. The van der Waals surface area contributed by atoms with Crippen LogP contribution in [0, 0.1) is 29.1 Å². The number of nitriles is 1. The summed E-state index contributed by atoms with van der Waals surface area (Å²) in [5, 5.41) is 9.01. The molecule has 0 amide bonds. The van der Waals surface area contributed by atoms with Crippen LogP contribution in [-0.2, 0) is 0 Å². The van der Waals surface area contributed by atoms with E-state index in [2.05, 4.69) is 26.5 Å². The van der Waals surface area contributed by atoms with Gasteiger partial charge < -0.3 is 0 Å². The third-order valence-electron chi connectivity index (χ3n) is 3.40. The molecule has 0 aromatic carbocycles. The first-order valence-corrected chi connectivity index (χ1v) is 5.22. The van der Waals surface area contributed by atoms with Crippen LogP contribution in [0.4, 0.5) is 0 Å². The van der Waals surface area contributed by atoms with E-state index in [1.807, 2.05) is 0 Å². The third kappa shape index (κ3) is 2.34. The first-order chi connectivity index (χ1) is 6.16. The molecule has 1 aliphatic carbocycles. The molecule has 1 aliphatic rings. The van der Waals surface area contributed by atoms with Crippen LogP contribution in [0.3, 0.4) is 0 Å². The van der Waals surface area contributed by atoms with E-state index in [1.165, 1.54) is 24.8 Å². The SMILES string of the molecule is C=C(C)C(C)C1CCCCC1C#N. The smallest absolute Gasteiger partial charge is 0.0658 e. The van der Waals surface area contributed by atoms with Gasteiger partial charge in [-0.3, -0.25) is 0 Å². The van der Waals surface area contributed by atoms with Gasteiger partial charge in [0.15, 0.2) is 0 Å². The van der Waals surface area contributed by atoms with Crippen LogP contribution in [0.1, 0.15) is 39.5 Å². The van der Waals surface area contributed by atoms with Crippen molar-refractivity contribution in [1.82, 2.24) is 0 Å². The summed E-state index contributed by atoms with van der Waals surface area (Å²) in [5.41, 5.74) is 1.23. The van der Waals surface area contributed by atoms with Crippen LogP contribution >= 0.6 is 0 Å². The monoisotopic (exact) mass is 177 g/mol. The van der Waals surface area contributed by atoms with E-state index < -0.39 is 0 Å². The van der Waals surface area contributed by atoms with Crippen molar-refractivity contribution in [3.05, 3.63) is 12.2 Å². The van der Waals surface area contributed by atoms with Gasteiger partial charge in [0, 0.05) is 5.92 Å². The second-order valence-corrected chi connectivity index (χ2v) is 4.32. The molecule has 1 rings (SSSR count). The van der Waals surface area contributed by atoms with Gasteiger partial charge in [0.1, 0.15) is 0 Å². The highest BCUT2D eigenvalue weighted by Crippen LogP contribution is 2.37. The van der Waals surface area contributed by atoms with Gasteiger partial charge in [0.05, 0.1) is 6.07 Å². The number of nitrogens with zero attached hydrogens (tertiary/aromatic N) is 1. The Kier molecular flexibility index (Phi) is 3.54. The zero-order chi connectivity index (χ0) is 9.84. The highest BCUT2D eigenvalue weighted by molar-refractivity contribution is 5.03. The maximum atomic E-state index is 9.01. The summed E-state index contributed by atoms with van der Waals surface area (Å²) < 4.78 is 0. The van der Waals surface area contributed by atoms with E-state index in [1.54, 1.807) is 0 Å². The molecular weight excluding hydrogens is 158 g/mol. The van der Waals surface area contributed by atoms with E-state index in [-0.39, 0.29) is 5.92 Å². The summed E-state index contributed by atoms with van der Waals surface area (Å²) in [6, 6.07) is 2.45. The van der Waals surface area contributed by atoms with Crippen molar-refractivity contribution in [2.45, 2.75) is 39.5 Å². The highest BCUT2D eigenvalue weighted by Gasteiger charge is 2.29. The van der Waals surface area contributed by atoms with Crippen LogP contribution in [-0.4, -0.2) is 0 Å². The van der Waals surface area contributed by atoms with Gasteiger partial charge in [0.2, 0.25) is 0 Å². The molecule has 0 saturated heterocycles. The van der Waals surface area contributed by atoms with Crippen molar-refractivity contribution in [3.63, 3.8) is 0 Å². The first-order valence-electron chi connectivity index (χ1n) is 5.22. The molecule has 1 nitrogen and oxygen atoms in total. The Morgan fingerprint density at radius 2 is 2.08 bits per heavy atom. The average molecular weight is 177 g/mol. The Bertz CT molecular complexity index is 224. The Morgan fingerprint density at radius 1 is 1.46 bits per heavy atom. The quantitative estimate of drug-likeness (QED) is 0.592. The van der Waals surface area contributed by atoms with E-state index in [0.717, 1.165) is 6.42 Å². The normalized spacial score (nSPS) is 30.5. The largest absolute Gasteiger partial charge is 0.198 e. The predicted molar refractivity (Wildman–Crippen MR) is 55.0 cm³/mol. The number of hydrogen-bond donors (Lipinski definition) is 0. The third-order valence-corrected chi connectivity index (χ3v) is 3.40. The van der Waals surface area contributed by atoms with E-state index in [0.29, 0.717) is 11.8 Å². The van der Waals surface area contributed by atoms with Gasteiger partial charge in [-0.05, 0) is 31.6 Å². The van der Waals surface area contributed by atoms with Crippen molar-refractivity contribution in [3.8, 4) is 6.07 Å². The Balaban J connectivity index is 2.65. The van der Waals surface area contributed by atoms with Gasteiger partial charge in [-0.25, -0.2) is 0 Å². The maximum Gasteiger partial charge on any atom is 0.0658 e. The van der Waals surface area contributed by atoms with Crippen molar-refractivity contribution in [2.75, 3.05) is 0 Å². The van der Waals surface area contributed by atoms with Crippen LogP contribution < -0.4 is 0 Å². The van der Waals surface area contributed by atoms with Crippen LogP contribution in [0.2, 0.25) is 0 Å². The summed E-state index contributed by atoms with van der Waals surface area (Å²) in [7, 11) is 0. The second kappa shape index (κ2) is 4.46. The van der Waals surface area contributed by atoms with Gasteiger partial charge in [-0.15, -0.1) is 0 Å². The van der Waals surface area contributed by atoms with Crippen LogP contribution in [0.5, 0.6) is 0 Å². The number of allylic oxidation sites excluding steroid dienone is 1. The summed E-state index contributed by atoms with van der Waals surface area (Å²) in [5.74, 6) is 1.36. The minimum absolute atomic E-state index is 0.278. The molecule has 3 atom stereocenters. The fourth-order valence-electron chi connectivity index (χ4n) is 2.28. The van der Waals surface area contributed by atoms with Gasteiger partial charge in [0.25, 0.3) is 0 Å². The molecule has 0 heterocycles. The van der Waals surface area contributed by atoms with E-state index >= 15 is 0 Å². The average Bonchev–Trinajstić information content (AvgIpc) is 2.16. The lowest BCUT2D eigenvalue weighted by molar-refractivity contribution is 0.234.